The molecule has 3 rings (SSSR count). The number of aryl methyl sites for hydroxylation is 1. The molecule has 169 valence electrons. The molecule has 0 aliphatic rings. The van der Waals surface area contributed by atoms with Crippen LogP contribution in [0.15, 0.2) is 41.8 Å². The Morgan fingerprint density at radius 3 is 2.69 bits per heavy atom. The van der Waals surface area contributed by atoms with E-state index >= 15 is 0 Å². The minimum atomic E-state index is -4.40. The average Bonchev–Trinajstić information content (AvgIpc) is 3.20. The Balaban J connectivity index is 1.78. The smallest absolute Gasteiger partial charge is 0.346 e. The lowest BCUT2D eigenvalue weighted by Crippen LogP contribution is -2.31. The van der Waals surface area contributed by atoms with Crippen molar-refractivity contribution >= 4 is 33.2 Å². The highest BCUT2D eigenvalue weighted by molar-refractivity contribution is 7.87. The minimum absolute atomic E-state index is 0.0539. The summed E-state index contributed by atoms with van der Waals surface area (Å²) in [7, 11) is -4.40. The van der Waals surface area contributed by atoms with E-state index in [1.807, 2.05) is 17.0 Å². The zero-order chi connectivity index (χ0) is 23.3. The Bertz CT molecular complexity index is 1200. The quantitative estimate of drug-likeness (QED) is 0.405. The number of anilines is 1. The first-order valence-electron chi connectivity index (χ1n) is 9.57. The second-order valence-corrected chi connectivity index (χ2v) is 8.97. The molecule has 1 amide bonds. The molecule has 11 heteroatoms. The van der Waals surface area contributed by atoms with E-state index in [-0.39, 0.29) is 24.1 Å². The van der Waals surface area contributed by atoms with Gasteiger partial charge in [0.1, 0.15) is 5.01 Å². The topological polar surface area (TPSA) is 108 Å². The van der Waals surface area contributed by atoms with Crippen LogP contribution >= 0.6 is 11.3 Å². The van der Waals surface area contributed by atoms with Crippen molar-refractivity contribution < 1.29 is 26.5 Å². The van der Waals surface area contributed by atoms with Crippen LogP contribution in [-0.4, -0.2) is 23.9 Å². The summed E-state index contributed by atoms with van der Waals surface area (Å²) in [4.78, 5) is 17.1. The third-order valence-corrected chi connectivity index (χ3v) is 6.00. The molecule has 3 N–H and O–H groups in total. The van der Waals surface area contributed by atoms with Crippen molar-refractivity contribution in [1.29, 1.82) is 0 Å². The maximum absolute atomic E-state index is 13.9. The Labute approximate surface area is 188 Å². The van der Waals surface area contributed by atoms with Crippen LogP contribution in [0.1, 0.15) is 34.8 Å². The zero-order valence-corrected chi connectivity index (χ0v) is 18.6. The van der Waals surface area contributed by atoms with Gasteiger partial charge in [-0.3, -0.25) is 14.1 Å². The number of benzene rings is 2. The number of hydrogen-bond acceptors (Lipinski definition) is 5. The van der Waals surface area contributed by atoms with E-state index in [1.54, 1.807) is 6.07 Å². The molecule has 3 aromatic rings. The highest BCUT2D eigenvalue weighted by Gasteiger charge is 2.20. The number of carbonyl (C=O) groups is 1. The first-order chi connectivity index (χ1) is 15.1. The van der Waals surface area contributed by atoms with Crippen LogP contribution < -0.4 is 10.0 Å². The lowest BCUT2D eigenvalue weighted by molar-refractivity contribution is -0.121. The van der Waals surface area contributed by atoms with Gasteiger partial charge in [0.15, 0.2) is 11.6 Å². The predicted molar refractivity (Wildman–Crippen MR) is 117 cm³/mol. The molecule has 0 bridgehead atoms. The molecule has 0 saturated carbocycles. The summed E-state index contributed by atoms with van der Waals surface area (Å²) >= 11 is 1.37. The van der Waals surface area contributed by atoms with Crippen molar-refractivity contribution in [1.82, 2.24) is 10.3 Å². The Morgan fingerprint density at radius 2 is 2.06 bits per heavy atom. The van der Waals surface area contributed by atoms with Gasteiger partial charge < -0.3 is 5.32 Å². The van der Waals surface area contributed by atoms with Gasteiger partial charge in [0.25, 0.3) is 0 Å². The van der Waals surface area contributed by atoms with Crippen molar-refractivity contribution in [3.63, 3.8) is 0 Å². The number of hydrogen-bond donors (Lipinski definition) is 3. The van der Waals surface area contributed by atoms with Crippen molar-refractivity contribution in [2.24, 2.45) is 0 Å². The number of halogens is 2. The van der Waals surface area contributed by atoms with Gasteiger partial charge in [-0.25, -0.2) is 13.8 Å². The molecule has 1 radical (unpaired) electrons. The third-order valence-electron chi connectivity index (χ3n) is 4.50. The van der Waals surface area contributed by atoms with Crippen LogP contribution in [0, 0.1) is 17.7 Å². The molecule has 0 saturated heterocycles. The van der Waals surface area contributed by atoms with Crippen LogP contribution in [0.25, 0.3) is 0 Å². The summed E-state index contributed by atoms with van der Waals surface area (Å²) in [6.45, 7) is 1.95. The highest BCUT2D eigenvalue weighted by Crippen LogP contribution is 2.24. The second kappa shape index (κ2) is 10.2. The second-order valence-electron chi connectivity index (χ2n) is 6.92. The van der Waals surface area contributed by atoms with Gasteiger partial charge in [0.05, 0.1) is 23.8 Å². The number of carbonyl (C=O) groups excluding carboxylic acids is 1. The van der Waals surface area contributed by atoms with E-state index in [4.69, 9.17) is 4.55 Å². The number of amides is 1. The predicted octanol–water partition coefficient (Wildman–Crippen LogP) is 3.64. The molecule has 1 unspecified atom stereocenters. The summed E-state index contributed by atoms with van der Waals surface area (Å²) in [6.07, 6.45) is 0.654. The van der Waals surface area contributed by atoms with Crippen molar-refractivity contribution in [3.05, 3.63) is 81.3 Å². The molecular weight excluding hydrogens is 460 g/mol. The van der Waals surface area contributed by atoms with Gasteiger partial charge in [-0.05, 0) is 42.7 Å². The fourth-order valence-electron chi connectivity index (χ4n) is 2.96. The number of nitrogens with one attached hydrogen (secondary N) is 2. The standard InChI is InChI=1S/C21H20F2N3O4S2/c1-2-15-12-31-21(24-15)18(10-13-6-8-16(9-7-13)26-32(28,29)30)25-19(27)11-14-4-3-5-17(22)20(14)23/h3-6,8-9,12,18,26H,2,10-11H2,1H3,(H,25,27)(H,28,29,30). The fourth-order valence-corrected chi connectivity index (χ4v) is 4.34. The van der Waals surface area contributed by atoms with Crippen molar-refractivity contribution in [2.75, 3.05) is 4.72 Å². The van der Waals surface area contributed by atoms with E-state index in [0.29, 0.717) is 17.0 Å². The van der Waals surface area contributed by atoms with Gasteiger partial charge in [-0.2, -0.15) is 8.42 Å². The molecular formula is C21H20F2N3O4S2. The highest BCUT2D eigenvalue weighted by atomic mass is 32.2. The Kier molecular flexibility index (Phi) is 7.54. The third kappa shape index (κ3) is 6.55. The number of aromatic nitrogens is 1. The zero-order valence-electron chi connectivity index (χ0n) is 16.9. The van der Waals surface area contributed by atoms with E-state index in [0.717, 1.165) is 11.8 Å². The van der Waals surface area contributed by atoms with Crippen LogP contribution in [-0.2, 0) is 34.4 Å². The fraction of sp³-hybridized carbons (Fsp3) is 0.238. The maximum Gasteiger partial charge on any atom is 0.357 e. The number of nitrogens with zero attached hydrogens (tertiary/aromatic N) is 1. The lowest BCUT2D eigenvalue weighted by Gasteiger charge is -2.17. The van der Waals surface area contributed by atoms with Gasteiger partial charge in [0.2, 0.25) is 5.91 Å². The maximum atomic E-state index is 13.9. The van der Waals surface area contributed by atoms with Gasteiger partial charge in [-0.15, -0.1) is 11.3 Å². The van der Waals surface area contributed by atoms with Crippen LogP contribution in [0.4, 0.5) is 14.5 Å². The van der Waals surface area contributed by atoms with Gasteiger partial charge in [-0.1, -0.05) is 25.1 Å². The SMILES string of the molecule is CCc1csc(C(Cc2[c]cc(NS(=O)(=O)O)cc2)NC(=O)Cc2cccc(F)c2F)n1. The van der Waals surface area contributed by atoms with E-state index in [2.05, 4.69) is 16.4 Å². The largest absolute Gasteiger partial charge is 0.357 e. The minimum Gasteiger partial charge on any atom is -0.346 e. The lowest BCUT2D eigenvalue weighted by atomic mass is 10.0. The number of rotatable bonds is 9. The summed E-state index contributed by atoms with van der Waals surface area (Å²) in [5.74, 6) is -2.58. The summed E-state index contributed by atoms with van der Waals surface area (Å²) in [6, 6.07) is 10.4. The van der Waals surface area contributed by atoms with Crippen LogP contribution in [0.3, 0.4) is 0 Å². The average molecular weight is 481 g/mol. The first-order valence-corrected chi connectivity index (χ1v) is 11.9. The van der Waals surface area contributed by atoms with Gasteiger partial charge in [0, 0.05) is 10.9 Å². The molecule has 32 heavy (non-hydrogen) atoms. The molecule has 7 nitrogen and oxygen atoms in total. The molecule has 0 fully saturated rings. The summed E-state index contributed by atoms with van der Waals surface area (Å²) in [5, 5.41) is 5.34. The normalized spacial score (nSPS) is 12.4. The van der Waals surface area contributed by atoms with Crippen molar-refractivity contribution in [3.8, 4) is 0 Å². The first kappa shape index (κ1) is 23.8. The molecule has 0 spiro atoms. The van der Waals surface area contributed by atoms with Gasteiger partial charge >= 0.3 is 10.3 Å². The number of thiazole rings is 1. The van der Waals surface area contributed by atoms with E-state index in [9.17, 15) is 22.0 Å². The Hall–Kier alpha value is -2.89. The van der Waals surface area contributed by atoms with E-state index in [1.165, 1.54) is 35.6 Å². The molecule has 0 aliphatic carbocycles. The van der Waals surface area contributed by atoms with Crippen LogP contribution in [0.2, 0.25) is 0 Å². The molecule has 0 aliphatic heterocycles. The van der Waals surface area contributed by atoms with Crippen molar-refractivity contribution in [2.45, 2.75) is 32.2 Å². The van der Waals surface area contributed by atoms with E-state index < -0.39 is 33.9 Å². The molecule has 1 atom stereocenters. The molecule has 1 aromatic heterocycles. The molecule has 2 aromatic carbocycles. The van der Waals surface area contributed by atoms with Crippen LogP contribution in [0.5, 0.6) is 0 Å². The Morgan fingerprint density at radius 1 is 1.28 bits per heavy atom. The summed E-state index contributed by atoms with van der Waals surface area (Å²) < 4.78 is 60.0. The molecule has 1 heterocycles. The summed E-state index contributed by atoms with van der Waals surface area (Å²) in [5.41, 5.74) is 1.57. The monoisotopic (exact) mass is 480 g/mol.